The van der Waals surface area contributed by atoms with Gasteiger partial charge in [0, 0.05) is 50.7 Å². The summed E-state index contributed by atoms with van der Waals surface area (Å²) in [5.74, 6) is 1.86. The van der Waals surface area contributed by atoms with E-state index in [0.717, 1.165) is 57.4 Å². The van der Waals surface area contributed by atoms with Crippen LogP contribution in [0.15, 0.2) is 29.3 Å². The van der Waals surface area contributed by atoms with E-state index in [1.165, 1.54) is 5.56 Å². The van der Waals surface area contributed by atoms with Crippen LogP contribution in [0.2, 0.25) is 0 Å². The summed E-state index contributed by atoms with van der Waals surface area (Å²) >= 11 is 0. The molecule has 0 aromatic heterocycles. The van der Waals surface area contributed by atoms with Gasteiger partial charge in [-0.15, -0.1) is 0 Å². The van der Waals surface area contributed by atoms with Gasteiger partial charge < -0.3 is 20.3 Å². The molecular formula is C22H37N5O. The Morgan fingerprint density at radius 3 is 2.68 bits per heavy atom. The third-order valence-electron chi connectivity index (χ3n) is 5.71. The van der Waals surface area contributed by atoms with Crippen LogP contribution in [0.1, 0.15) is 45.7 Å². The minimum atomic E-state index is -0.198. The molecule has 6 nitrogen and oxygen atoms in total. The van der Waals surface area contributed by atoms with Crippen molar-refractivity contribution in [2.45, 2.75) is 51.8 Å². The molecule has 0 bridgehead atoms. The van der Waals surface area contributed by atoms with Crippen molar-refractivity contribution in [3.05, 3.63) is 29.8 Å². The Kier molecular flexibility index (Phi) is 6.83. The average molecular weight is 388 g/mol. The summed E-state index contributed by atoms with van der Waals surface area (Å²) in [6, 6.07) is 8.96. The smallest absolute Gasteiger partial charge is 0.191 e. The number of nitrogens with zero attached hydrogens (tertiary/aromatic N) is 3. The first kappa shape index (κ1) is 20.9. The van der Waals surface area contributed by atoms with Crippen LogP contribution in [0, 0.1) is 0 Å². The van der Waals surface area contributed by atoms with Gasteiger partial charge in [-0.2, -0.15) is 0 Å². The maximum Gasteiger partial charge on any atom is 0.191 e. The zero-order valence-electron chi connectivity index (χ0n) is 18.2. The zero-order chi connectivity index (χ0) is 20.1. The lowest BCUT2D eigenvalue weighted by molar-refractivity contribution is 0.0694. The number of hydrogen-bond acceptors (Lipinski definition) is 4. The van der Waals surface area contributed by atoms with Gasteiger partial charge in [0.15, 0.2) is 5.96 Å². The number of aliphatic imine (C=N–C) groups is 1. The first-order valence-electron chi connectivity index (χ1n) is 10.6. The molecule has 156 valence electrons. The van der Waals surface area contributed by atoms with Gasteiger partial charge >= 0.3 is 0 Å². The Bertz CT molecular complexity index is 667. The molecule has 1 fully saturated rings. The highest BCUT2D eigenvalue weighted by Gasteiger charge is 2.34. The number of benzene rings is 1. The van der Waals surface area contributed by atoms with Gasteiger partial charge in [-0.25, -0.2) is 0 Å². The van der Waals surface area contributed by atoms with Crippen molar-refractivity contribution < 1.29 is 4.74 Å². The summed E-state index contributed by atoms with van der Waals surface area (Å²) in [6.07, 6.45) is 0.905. The molecule has 2 aliphatic heterocycles. The molecule has 2 heterocycles. The van der Waals surface area contributed by atoms with Crippen LogP contribution in [0.4, 0.5) is 0 Å². The molecule has 2 unspecified atom stereocenters. The van der Waals surface area contributed by atoms with Crippen LogP contribution in [0.5, 0.6) is 5.75 Å². The zero-order valence-corrected chi connectivity index (χ0v) is 18.2. The largest absolute Gasteiger partial charge is 0.487 e. The topological polar surface area (TPSA) is 52.1 Å². The van der Waals surface area contributed by atoms with E-state index >= 15 is 0 Å². The lowest BCUT2D eigenvalue weighted by atomic mass is 9.90. The summed E-state index contributed by atoms with van der Waals surface area (Å²) in [7, 11) is 2.20. The minimum Gasteiger partial charge on any atom is -0.487 e. The molecule has 6 heteroatoms. The number of ether oxygens (including phenoxy) is 1. The molecule has 3 rings (SSSR count). The number of piperazine rings is 1. The summed E-state index contributed by atoms with van der Waals surface area (Å²) < 4.78 is 6.17. The van der Waals surface area contributed by atoms with Crippen molar-refractivity contribution in [1.29, 1.82) is 0 Å². The van der Waals surface area contributed by atoms with Gasteiger partial charge in [-0.1, -0.05) is 18.2 Å². The van der Waals surface area contributed by atoms with E-state index in [4.69, 9.17) is 9.73 Å². The van der Waals surface area contributed by atoms with Crippen molar-refractivity contribution in [1.82, 2.24) is 20.4 Å². The van der Waals surface area contributed by atoms with Crippen molar-refractivity contribution in [3.63, 3.8) is 0 Å². The highest BCUT2D eigenvalue weighted by molar-refractivity contribution is 5.80. The Morgan fingerprint density at radius 2 is 1.96 bits per heavy atom. The summed E-state index contributed by atoms with van der Waals surface area (Å²) in [6.45, 7) is 14.9. The first-order valence-corrected chi connectivity index (χ1v) is 10.6. The van der Waals surface area contributed by atoms with Gasteiger partial charge in [0.2, 0.25) is 0 Å². The maximum atomic E-state index is 6.17. The van der Waals surface area contributed by atoms with Crippen LogP contribution >= 0.6 is 0 Å². The molecule has 28 heavy (non-hydrogen) atoms. The molecule has 0 spiro atoms. The van der Waals surface area contributed by atoms with Crippen molar-refractivity contribution in [2.24, 2.45) is 4.99 Å². The SMILES string of the molecule is CCNC(=NCC(C)N1CCN(C)CC1)NC1CC(C)(C)Oc2ccccc21. The number of hydrogen-bond donors (Lipinski definition) is 2. The Hall–Kier alpha value is -1.79. The van der Waals surface area contributed by atoms with E-state index < -0.39 is 0 Å². The van der Waals surface area contributed by atoms with Crippen LogP contribution in [-0.4, -0.2) is 73.7 Å². The fourth-order valence-corrected chi connectivity index (χ4v) is 4.02. The normalized spacial score (nSPS) is 24.2. The van der Waals surface area contributed by atoms with Crippen molar-refractivity contribution >= 4 is 5.96 Å². The second kappa shape index (κ2) is 9.14. The molecule has 0 radical (unpaired) electrons. The van der Waals surface area contributed by atoms with E-state index in [-0.39, 0.29) is 11.6 Å². The molecule has 0 aliphatic carbocycles. The minimum absolute atomic E-state index is 0.191. The van der Waals surface area contributed by atoms with Gasteiger partial charge in [0.25, 0.3) is 0 Å². The maximum absolute atomic E-state index is 6.17. The van der Waals surface area contributed by atoms with E-state index in [9.17, 15) is 0 Å². The highest BCUT2D eigenvalue weighted by atomic mass is 16.5. The van der Waals surface area contributed by atoms with Crippen molar-refractivity contribution in [3.8, 4) is 5.75 Å². The molecule has 0 amide bonds. The third-order valence-corrected chi connectivity index (χ3v) is 5.71. The van der Waals surface area contributed by atoms with Crippen LogP contribution in [-0.2, 0) is 0 Å². The number of likely N-dealkylation sites (N-methyl/N-ethyl adjacent to an activating group) is 1. The number of rotatable bonds is 5. The van der Waals surface area contributed by atoms with Gasteiger partial charge in [0.1, 0.15) is 11.4 Å². The van der Waals surface area contributed by atoms with E-state index in [1.807, 2.05) is 6.07 Å². The molecular weight excluding hydrogens is 350 g/mol. The average Bonchev–Trinajstić information content (AvgIpc) is 2.65. The first-order chi connectivity index (χ1) is 13.4. The summed E-state index contributed by atoms with van der Waals surface area (Å²) in [5, 5.41) is 7.09. The number of fused-ring (bicyclic) bond motifs is 1. The van der Waals surface area contributed by atoms with E-state index in [0.29, 0.717) is 6.04 Å². The van der Waals surface area contributed by atoms with Gasteiger partial charge in [0.05, 0.1) is 12.6 Å². The Morgan fingerprint density at radius 1 is 1.25 bits per heavy atom. The standard InChI is InChI=1S/C22H37N5O/c1-6-23-21(24-16-17(2)27-13-11-26(5)12-14-27)25-19-15-22(3,4)28-20-10-8-7-9-18(19)20/h7-10,17,19H,6,11-16H2,1-5H3,(H2,23,24,25). The molecule has 1 aromatic carbocycles. The quantitative estimate of drug-likeness (QED) is 0.601. The molecule has 2 aliphatic rings. The van der Waals surface area contributed by atoms with Crippen LogP contribution in [0.3, 0.4) is 0 Å². The third kappa shape index (κ3) is 5.39. The molecule has 2 atom stereocenters. The Balaban J connectivity index is 1.68. The molecule has 2 N–H and O–H groups in total. The van der Waals surface area contributed by atoms with Crippen LogP contribution < -0.4 is 15.4 Å². The van der Waals surface area contributed by atoms with Crippen molar-refractivity contribution in [2.75, 3.05) is 46.3 Å². The predicted octanol–water partition coefficient (Wildman–Crippen LogP) is 2.48. The fraction of sp³-hybridized carbons (Fsp3) is 0.682. The van der Waals surface area contributed by atoms with Gasteiger partial charge in [-0.05, 0) is 40.8 Å². The van der Waals surface area contributed by atoms with E-state index in [2.05, 4.69) is 73.4 Å². The number of para-hydroxylation sites is 1. The lowest BCUT2D eigenvalue weighted by Crippen LogP contribution is -2.49. The van der Waals surface area contributed by atoms with E-state index in [1.54, 1.807) is 0 Å². The highest BCUT2D eigenvalue weighted by Crippen LogP contribution is 2.39. The summed E-state index contributed by atoms with van der Waals surface area (Å²) in [5.41, 5.74) is 1.01. The second-order valence-corrected chi connectivity index (χ2v) is 8.71. The van der Waals surface area contributed by atoms with Crippen LogP contribution in [0.25, 0.3) is 0 Å². The fourth-order valence-electron chi connectivity index (χ4n) is 4.02. The molecule has 0 saturated carbocycles. The number of nitrogens with one attached hydrogen (secondary N) is 2. The predicted molar refractivity (Wildman–Crippen MR) is 116 cm³/mol. The summed E-state index contributed by atoms with van der Waals surface area (Å²) in [4.78, 5) is 9.85. The lowest BCUT2D eigenvalue weighted by Gasteiger charge is -2.38. The molecule has 1 aromatic rings. The molecule has 1 saturated heterocycles. The van der Waals surface area contributed by atoms with Gasteiger partial charge in [-0.3, -0.25) is 9.89 Å². The second-order valence-electron chi connectivity index (χ2n) is 8.71. The number of guanidine groups is 1. The monoisotopic (exact) mass is 387 g/mol. The Labute approximate surface area is 170 Å².